The maximum atomic E-state index is 6.10. The van der Waals surface area contributed by atoms with Crippen LogP contribution in [0.5, 0.6) is 11.5 Å². The summed E-state index contributed by atoms with van der Waals surface area (Å²) in [5.74, 6) is 1.85. The normalized spacial score (nSPS) is 11.7. The number of ether oxygens (including phenoxy) is 2. The van der Waals surface area contributed by atoms with Gasteiger partial charge in [-0.2, -0.15) is 0 Å². The Hall–Kier alpha value is -2.75. The molecular formula is C27H37NO3. The zero-order valence-electron chi connectivity index (χ0n) is 19.7. The Labute approximate surface area is 187 Å². The topological polar surface area (TPSA) is 40.0 Å². The summed E-state index contributed by atoms with van der Waals surface area (Å²) in [6.45, 7) is 9.60. The van der Waals surface area contributed by atoms with Crippen molar-refractivity contribution in [3.63, 3.8) is 0 Å². The molecule has 168 valence electrons. The predicted octanol–water partition coefficient (Wildman–Crippen LogP) is 6.81. The van der Waals surface area contributed by atoms with Gasteiger partial charge in [0.25, 0.3) is 0 Å². The number of rotatable bonds is 13. The summed E-state index contributed by atoms with van der Waals surface area (Å²) in [5, 5.41) is 4.20. The van der Waals surface area contributed by atoms with Crippen molar-refractivity contribution in [1.82, 2.24) is 0 Å². The Morgan fingerprint density at radius 3 is 2.32 bits per heavy atom. The van der Waals surface area contributed by atoms with Gasteiger partial charge in [-0.15, -0.1) is 0 Å². The number of allylic oxidation sites excluding steroid dienone is 1. The number of oxime groups is 1. The van der Waals surface area contributed by atoms with Gasteiger partial charge in [-0.1, -0.05) is 54.9 Å². The molecule has 0 aliphatic heterocycles. The monoisotopic (exact) mass is 423 g/mol. The third kappa shape index (κ3) is 8.12. The van der Waals surface area contributed by atoms with Crippen LogP contribution in [0.1, 0.15) is 61.8 Å². The number of unbranched alkanes of at least 4 members (excludes halogenated alkanes) is 1. The summed E-state index contributed by atoms with van der Waals surface area (Å²) in [5.41, 5.74) is 5.68. The first kappa shape index (κ1) is 24.5. The van der Waals surface area contributed by atoms with E-state index in [9.17, 15) is 0 Å². The fraction of sp³-hybridized carbons (Fsp3) is 0.444. The van der Waals surface area contributed by atoms with Gasteiger partial charge in [-0.3, -0.25) is 0 Å². The quantitative estimate of drug-likeness (QED) is 0.154. The van der Waals surface area contributed by atoms with Gasteiger partial charge in [-0.25, -0.2) is 0 Å². The van der Waals surface area contributed by atoms with E-state index < -0.39 is 0 Å². The molecule has 4 nitrogen and oxygen atoms in total. The molecule has 0 saturated carbocycles. The van der Waals surface area contributed by atoms with E-state index in [1.165, 1.54) is 5.56 Å². The molecule has 31 heavy (non-hydrogen) atoms. The highest BCUT2D eigenvalue weighted by Gasteiger charge is 2.08. The molecule has 4 heteroatoms. The summed E-state index contributed by atoms with van der Waals surface area (Å²) in [6, 6.07) is 12.7. The summed E-state index contributed by atoms with van der Waals surface area (Å²) >= 11 is 0. The fourth-order valence-electron chi connectivity index (χ4n) is 3.47. The second kappa shape index (κ2) is 13.5. The largest absolute Gasteiger partial charge is 0.493 e. The van der Waals surface area contributed by atoms with E-state index in [2.05, 4.69) is 50.2 Å². The van der Waals surface area contributed by atoms with E-state index in [-0.39, 0.29) is 0 Å². The Kier molecular flexibility index (Phi) is 10.7. The molecule has 0 N–H and O–H groups in total. The first-order chi connectivity index (χ1) is 15.1. The molecular weight excluding hydrogens is 386 g/mol. The molecule has 2 rings (SSSR count). The molecule has 0 amide bonds. The number of benzene rings is 2. The molecule has 0 atom stereocenters. The average Bonchev–Trinajstić information content (AvgIpc) is 2.76. The molecule has 0 aliphatic rings. The Morgan fingerprint density at radius 2 is 1.71 bits per heavy atom. The van der Waals surface area contributed by atoms with Crippen LogP contribution in [-0.2, 0) is 11.3 Å². The first-order valence-electron chi connectivity index (χ1n) is 11.3. The van der Waals surface area contributed by atoms with Crippen molar-refractivity contribution in [2.45, 2.75) is 59.8 Å². The molecule has 0 radical (unpaired) electrons. The second-order valence-electron chi connectivity index (χ2n) is 7.74. The minimum absolute atomic E-state index is 0.589. The first-order valence-corrected chi connectivity index (χ1v) is 11.3. The number of hydrogen-bond acceptors (Lipinski definition) is 4. The van der Waals surface area contributed by atoms with E-state index >= 15 is 0 Å². The lowest BCUT2D eigenvalue weighted by atomic mass is 10.0. The average molecular weight is 424 g/mol. The molecule has 0 unspecified atom stereocenters. The SMILES string of the molecule is C/C=C/COc1cc(C)c(OCCCc2ccc(C(CCCC)=NOC)cc2)c(C)c1. The highest BCUT2D eigenvalue weighted by atomic mass is 16.6. The van der Waals surface area contributed by atoms with Crippen LogP contribution in [0.15, 0.2) is 53.7 Å². The maximum Gasteiger partial charge on any atom is 0.125 e. The second-order valence-corrected chi connectivity index (χ2v) is 7.74. The van der Waals surface area contributed by atoms with Crippen molar-refractivity contribution in [1.29, 1.82) is 0 Å². The van der Waals surface area contributed by atoms with Gasteiger partial charge in [-0.05, 0) is 80.8 Å². The zero-order chi connectivity index (χ0) is 22.5. The summed E-state index contributed by atoms with van der Waals surface area (Å²) in [4.78, 5) is 5.02. The molecule has 0 saturated heterocycles. The summed E-state index contributed by atoms with van der Waals surface area (Å²) in [7, 11) is 1.61. The lowest BCUT2D eigenvalue weighted by Gasteiger charge is -2.14. The van der Waals surface area contributed by atoms with E-state index in [0.29, 0.717) is 13.2 Å². The van der Waals surface area contributed by atoms with Gasteiger partial charge in [0, 0.05) is 0 Å². The van der Waals surface area contributed by atoms with Crippen LogP contribution in [0.2, 0.25) is 0 Å². The standard InChI is InChI=1S/C27H37NO3/c1-6-8-12-26(28-29-5)24-15-13-23(14-16-24)11-10-18-31-27-21(3)19-25(20-22(27)4)30-17-9-7-2/h7,9,13-16,19-20H,6,8,10-12,17-18H2,1-5H3/b9-7+,28-26?. The molecule has 0 aliphatic carbocycles. The molecule has 2 aromatic rings. The minimum atomic E-state index is 0.589. The molecule has 0 aromatic heterocycles. The van der Waals surface area contributed by atoms with Crippen molar-refractivity contribution >= 4 is 5.71 Å². The number of hydrogen-bond donors (Lipinski definition) is 0. The van der Waals surface area contributed by atoms with Crippen molar-refractivity contribution in [2.75, 3.05) is 20.3 Å². The van der Waals surface area contributed by atoms with Gasteiger partial charge in [0.15, 0.2) is 0 Å². The number of aryl methyl sites for hydroxylation is 3. The predicted molar refractivity (Wildman–Crippen MR) is 130 cm³/mol. The fourth-order valence-corrected chi connectivity index (χ4v) is 3.47. The summed E-state index contributed by atoms with van der Waals surface area (Å²) in [6.07, 6.45) is 9.13. The molecule has 0 fully saturated rings. The van der Waals surface area contributed by atoms with Gasteiger partial charge < -0.3 is 14.3 Å². The maximum absolute atomic E-state index is 6.10. The smallest absolute Gasteiger partial charge is 0.125 e. The van der Waals surface area contributed by atoms with Crippen LogP contribution in [0, 0.1) is 13.8 Å². The van der Waals surface area contributed by atoms with E-state index in [4.69, 9.17) is 14.3 Å². The van der Waals surface area contributed by atoms with Crippen LogP contribution >= 0.6 is 0 Å². The minimum Gasteiger partial charge on any atom is -0.493 e. The lowest BCUT2D eigenvalue weighted by Crippen LogP contribution is -2.04. The molecule has 2 aromatic carbocycles. The third-order valence-corrected chi connectivity index (χ3v) is 5.13. The number of nitrogens with zero attached hydrogens (tertiary/aromatic N) is 1. The van der Waals surface area contributed by atoms with Crippen molar-refractivity contribution < 1.29 is 14.3 Å². The Balaban J connectivity index is 1.86. The molecule has 0 heterocycles. The van der Waals surface area contributed by atoms with Crippen molar-refractivity contribution in [2.24, 2.45) is 5.16 Å². The Bertz CT molecular complexity index is 830. The van der Waals surface area contributed by atoms with Gasteiger partial charge in [0.05, 0.1) is 12.3 Å². The van der Waals surface area contributed by atoms with Crippen LogP contribution in [0.25, 0.3) is 0 Å². The van der Waals surface area contributed by atoms with Crippen LogP contribution < -0.4 is 9.47 Å². The third-order valence-electron chi connectivity index (χ3n) is 5.13. The molecule has 0 spiro atoms. The summed E-state index contributed by atoms with van der Waals surface area (Å²) < 4.78 is 11.9. The van der Waals surface area contributed by atoms with Gasteiger partial charge in [0.2, 0.25) is 0 Å². The molecule has 0 bridgehead atoms. The highest BCUT2D eigenvalue weighted by Crippen LogP contribution is 2.28. The van der Waals surface area contributed by atoms with Gasteiger partial charge in [0.1, 0.15) is 25.2 Å². The zero-order valence-corrected chi connectivity index (χ0v) is 19.7. The van der Waals surface area contributed by atoms with Crippen molar-refractivity contribution in [3.05, 3.63) is 70.8 Å². The van der Waals surface area contributed by atoms with Crippen molar-refractivity contribution in [3.8, 4) is 11.5 Å². The van der Waals surface area contributed by atoms with Crippen LogP contribution in [-0.4, -0.2) is 26.0 Å². The van der Waals surface area contributed by atoms with Gasteiger partial charge >= 0.3 is 0 Å². The van der Waals surface area contributed by atoms with E-state index in [1.54, 1.807) is 7.11 Å². The Morgan fingerprint density at radius 1 is 1.00 bits per heavy atom. The van der Waals surface area contributed by atoms with E-state index in [1.807, 2.05) is 31.2 Å². The van der Waals surface area contributed by atoms with Crippen LogP contribution in [0.3, 0.4) is 0 Å². The highest BCUT2D eigenvalue weighted by molar-refractivity contribution is 6.00. The lowest BCUT2D eigenvalue weighted by molar-refractivity contribution is 0.212. The van der Waals surface area contributed by atoms with Crippen LogP contribution in [0.4, 0.5) is 0 Å². The van der Waals surface area contributed by atoms with E-state index in [0.717, 1.165) is 66.0 Å².